The van der Waals surface area contributed by atoms with Crippen molar-refractivity contribution in [1.29, 1.82) is 0 Å². The number of aryl methyl sites for hydroxylation is 1. The van der Waals surface area contributed by atoms with Crippen LogP contribution in [0.3, 0.4) is 0 Å². The summed E-state index contributed by atoms with van der Waals surface area (Å²) in [5.74, 6) is 1.82. The van der Waals surface area contributed by atoms with E-state index in [4.69, 9.17) is 4.74 Å². The Kier molecular flexibility index (Phi) is 5.93. The predicted molar refractivity (Wildman–Crippen MR) is 118 cm³/mol. The molecule has 4 rings (SSSR count). The molecule has 154 valence electrons. The molecule has 2 heterocycles. The van der Waals surface area contributed by atoms with Crippen LogP contribution in [0.25, 0.3) is 11.3 Å². The Morgan fingerprint density at radius 2 is 1.77 bits per heavy atom. The highest BCUT2D eigenvalue weighted by molar-refractivity contribution is 5.79. The van der Waals surface area contributed by atoms with Crippen LogP contribution < -0.4 is 9.64 Å². The van der Waals surface area contributed by atoms with E-state index in [1.807, 2.05) is 66.4 Å². The van der Waals surface area contributed by atoms with Gasteiger partial charge in [0.05, 0.1) is 19.2 Å². The first kappa shape index (κ1) is 19.9. The van der Waals surface area contributed by atoms with Gasteiger partial charge in [-0.1, -0.05) is 42.0 Å². The first-order chi connectivity index (χ1) is 14.6. The molecule has 0 N–H and O–H groups in total. The van der Waals surface area contributed by atoms with Crippen molar-refractivity contribution in [2.75, 3.05) is 38.2 Å². The number of carbonyl (C=O) groups excluding carboxylic acids is 1. The number of nitrogens with zero attached hydrogens (tertiary/aromatic N) is 4. The van der Waals surface area contributed by atoms with Crippen molar-refractivity contribution in [2.24, 2.45) is 0 Å². The summed E-state index contributed by atoms with van der Waals surface area (Å²) in [6, 6.07) is 19.9. The van der Waals surface area contributed by atoms with Crippen LogP contribution in [-0.2, 0) is 11.2 Å². The molecule has 0 bridgehead atoms. The summed E-state index contributed by atoms with van der Waals surface area (Å²) in [6.45, 7) is 4.96. The van der Waals surface area contributed by atoms with Crippen LogP contribution in [0.4, 0.5) is 5.82 Å². The van der Waals surface area contributed by atoms with Crippen LogP contribution in [0.5, 0.6) is 5.75 Å². The van der Waals surface area contributed by atoms with E-state index in [9.17, 15) is 4.79 Å². The number of carbonyl (C=O) groups is 1. The number of amides is 1. The Morgan fingerprint density at radius 1 is 0.967 bits per heavy atom. The summed E-state index contributed by atoms with van der Waals surface area (Å²) in [5, 5.41) is 8.80. The van der Waals surface area contributed by atoms with Crippen LogP contribution in [0.15, 0.2) is 60.7 Å². The van der Waals surface area contributed by atoms with Gasteiger partial charge in [0.15, 0.2) is 5.82 Å². The maximum atomic E-state index is 12.6. The van der Waals surface area contributed by atoms with E-state index in [-0.39, 0.29) is 5.91 Å². The first-order valence-electron chi connectivity index (χ1n) is 10.2. The largest absolute Gasteiger partial charge is 0.497 e. The van der Waals surface area contributed by atoms with Gasteiger partial charge in [0.2, 0.25) is 5.91 Å². The number of aromatic nitrogens is 2. The fraction of sp³-hybridized carbons (Fsp3) is 0.292. The SMILES string of the molecule is COc1cccc(-c2ccc(N3CCN(C(=O)Cc4cccc(C)c4)CC3)nn2)c1. The van der Waals surface area contributed by atoms with Crippen LogP contribution in [0.2, 0.25) is 0 Å². The van der Waals surface area contributed by atoms with Gasteiger partial charge in [-0.15, -0.1) is 10.2 Å². The smallest absolute Gasteiger partial charge is 0.227 e. The average Bonchev–Trinajstić information content (AvgIpc) is 2.79. The minimum Gasteiger partial charge on any atom is -0.497 e. The Balaban J connectivity index is 1.35. The molecule has 0 aliphatic carbocycles. The van der Waals surface area contributed by atoms with Gasteiger partial charge in [0, 0.05) is 31.7 Å². The molecule has 0 atom stereocenters. The second-order valence-electron chi connectivity index (χ2n) is 7.54. The van der Waals surface area contributed by atoms with Crippen molar-refractivity contribution in [3.63, 3.8) is 0 Å². The molecule has 1 aliphatic rings. The van der Waals surface area contributed by atoms with E-state index in [2.05, 4.69) is 21.2 Å². The Hall–Kier alpha value is -3.41. The van der Waals surface area contributed by atoms with Crippen LogP contribution in [0.1, 0.15) is 11.1 Å². The molecule has 1 aromatic heterocycles. The van der Waals surface area contributed by atoms with Gasteiger partial charge in [-0.2, -0.15) is 0 Å². The summed E-state index contributed by atoms with van der Waals surface area (Å²) < 4.78 is 5.28. The molecule has 1 amide bonds. The minimum absolute atomic E-state index is 0.180. The van der Waals surface area contributed by atoms with Crippen molar-refractivity contribution >= 4 is 11.7 Å². The molecule has 0 radical (unpaired) electrons. The van der Waals surface area contributed by atoms with E-state index in [1.165, 1.54) is 5.56 Å². The van der Waals surface area contributed by atoms with Crippen molar-refractivity contribution in [2.45, 2.75) is 13.3 Å². The number of anilines is 1. The number of hydrogen-bond donors (Lipinski definition) is 0. The zero-order valence-corrected chi connectivity index (χ0v) is 17.4. The molecule has 0 spiro atoms. The highest BCUT2D eigenvalue weighted by Gasteiger charge is 2.22. The van der Waals surface area contributed by atoms with Gasteiger partial charge in [0.1, 0.15) is 5.75 Å². The van der Waals surface area contributed by atoms with E-state index in [0.29, 0.717) is 19.5 Å². The fourth-order valence-electron chi connectivity index (χ4n) is 3.72. The fourth-order valence-corrected chi connectivity index (χ4v) is 3.72. The third-order valence-corrected chi connectivity index (χ3v) is 5.41. The Morgan fingerprint density at radius 3 is 2.47 bits per heavy atom. The van der Waals surface area contributed by atoms with Gasteiger partial charge >= 0.3 is 0 Å². The van der Waals surface area contributed by atoms with E-state index >= 15 is 0 Å². The van der Waals surface area contributed by atoms with Crippen LogP contribution >= 0.6 is 0 Å². The lowest BCUT2D eigenvalue weighted by Gasteiger charge is -2.35. The first-order valence-corrected chi connectivity index (χ1v) is 10.2. The molecule has 0 unspecified atom stereocenters. The maximum Gasteiger partial charge on any atom is 0.227 e. The molecule has 2 aromatic carbocycles. The van der Waals surface area contributed by atoms with Crippen molar-refractivity contribution < 1.29 is 9.53 Å². The second-order valence-corrected chi connectivity index (χ2v) is 7.54. The lowest BCUT2D eigenvalue weighted by atomic mass is 10.1. The zero-order valence-electron chi connectivity index (χ0n) is 17.4. The lowest BCUT2D eigenvalue weighted by molar-refractivity contribution is -0.130. The van der Waals surface area contributed by atoms with Crippen molar-refractivity contribution in [3.8, 4) is 17.0 Å². The monoisotopic (exact) mass is 402 g/mol. The third kappa shape index (κ3) is 4.59. The standard InChI is InChI=1S/C24H26N4O2/c1-18-5-3-6-19(15-18)16-24(29)28-13-11-27(12-14-28)23-10-9-22(25-26-23)20-7-4-8-21(17-20)30-2/h3-10,15,17H,11-14,16H2,1-2H3. The van der Waals surface area contributed by atoms with Crippen molar-refractivity contribution in [1.82, 2.24) is 15.1 Å². The summed E-state index contributed by atoms with van der Waals surface area (Å²) >= 11 is 0. The van der Waals surface area contributed by atoms with E-state index < -0.39 is 0 Å². The predicted octanol–water partition coefficient (Wildman–Crippen LogP) is 3.35. The highest BCUT2D eigenvalue weighted by atomic mass is 16.5. The quantitative estimate of drug-likeness (QED) is 0.655. The molecule has 6 nitrogen and oxygen atoms in total. The summed E-state index contributed by atoms with van der Waals surface area (Å²) in [4.78, 5) is 16.8. The molecule has 3 aromatic rings. The number of benzene rings is 2. The number of piperazine rings is 1. The molecule has 1 fully saturated rings. The van der Waals surface area contributed by atoms with Gasteiger partial charge in [-0.25, -0.2) is 0 Å². The minimum atomic E-state index is 0.180. The molecule has 1 saturated heterocycles. The lowest BCUT2D eigenvalue weighted by Crippen LogP contribution is -2.49. The number of ether oxygens (including phenoxy) is 1. The molecule has 30 heavy (non-hydrogen) atoms. The van der Waals surface area contributed by atoms with E-state index in [1.54, 1.807) is 7.11 Å². The summed E-state index contributed by atoms with van der Waals surface area (Å²) in [5.41, 5.74) is 4.03. The van der Waals surface area contributed by atoms with Gasteiger partial charge < -0.3 is 14.5 Å². The Bertz CT molecular complexity index is 1010. The zero-order chi connectivity index (χ0) is 20.9. The van der Waals surface area contributed by atoms with Crippen molar-refractivity contribution in [3.05, 3.63) is 71.8 Å². The van der Waals surface area contributed by atoms with E-state index in [0.717, 1.165) is 41.5 Å². The number of methoxy groups -OCH3 is 1. The molecule has 1 aliphatic heterocycles. The molecule has 0 saturated carbocycles. The normalized spacial score (nSPS) is 13.9. The van der Waals surface area contributed by atoms with Crippen LogP contribution in [-0.4, -0.2) is 54.3 Å². The number of rotatable bonds is 5. The molecular formula is C24H26N4O2. The van der Waals surface area contributed by atoms with Crippen LogP contribution in [0, 0.1) is 6.92 Å². The third-order valence-electron chi connectivity index (χ3n) is 5.41. The molecule has 6 heteroatoms. The Labute approximate surface area is 177 Å². The maximum absolute atomic E-state index is 12.6. The van der Waals surface area contributed by atoms with Gasteiger partial charge in [0.25, 0.3) is 0 Å². The second kappa shape index (κ2) is 8.95. The number of hydrogen-bond acceptors (Lipinski definition) is 5. The summed E-state index contributed by atoms with van der Waals surface area (Å²) in [6.07, 6.45) is 0.455. The van der Waals surface area contributed by atoms with Gasteiger partial charge in [-0.05, 0) is 36.8 Å². The summed E-state index contributed by atoms with van der Waals surface area (Å²) in [7, 11) is 1.65. The highest BCUT2D eigenvalue weighted by Crippen LogP contribution is 2.23. The average molecular weight is 402 g/mol. The topological polar surface area (TPSA) is 58.6 Å². The van der Waals surface area contributed by atoms with Gasteiger partial charge in [-0.3, -0.25) is 4.79 Å². The molecular weight excluding hydrogens is 376 g/mol.